The summed E-state index contributed by atoms with van der Waals surface area (Å²) in [6.07, 6.45) is 1.64. The largest absolute Gasteiger partial charge is 0.215 e. The van der Waals surface area contributed by atoms with E-state index in [0.717, 1.165) is 27.9 Å². The van der Waals surface area contributed by atoms with Crippen LogP contribution in [0.1, 0.15) is 36.0 Å². The van der Waals surface area contributed by atoms with Gasteiger partial charge in [-0.3, -0.25) is 0 Å². The zero-order valence-electron chi connectivity index (χ0n) is 17.3. The lowest BCUT2D eigenvalue weighted by Gasteiger charge is -2.11. The first kappa shape index (κ1) is 7.08. The van der Waals surface area contributed by atoms with Crippen LogP contribution in [0.2, 0.25) is 0 Å². The van der Waals surface area contributed by atoms with Crippen LogP contribution in [0.5, 0.6) is 0 Å². The molecule has 2 rings (SSSR count). The minimum absolute atomic E-state index is 0.305. The monoisotopic (exact) mass is 246 g/mol. The van der Waals surface area contributed by atoms with Gasteiger partial charge in [-0.2, -0.15) is 0 Å². The Bertz CT molecular complexity index is 787. The highest BCUT2D eigenvalue weighted by Crippen LogP contribution is 2.26. The van der Waals surface area contributed by atoms with Gasteiger partial charge in [0, 0.05) is 24.9 Å². The van der Waals surface area contributed by atoms with E-state index >= 15 is 0 Å². The van der Waals surface area contributed by atoms with Gasteiger partial charge >= 0.3 is 0 Å². The van der Waals surface area contributed by atoms with Crippen molar-refractivity contribution in [3.8, 4) is 11.3 Å². The average Bonchev–Trinajstić information content (AvgIpc) is 2.42. The third kappa shape index (κ3) is 2.05. The minimum Gasteiger partial charge on any atom is -0.201 e. The number of pyridine rings is 1. The van der Waals surface area contributed by atoms with Crippen LogP contribution in [0.25, 0.3) is 11.3 Å². The van der Waals surface area contributed by atoms with Crippen molar-refractivity contribution >= 4 is 0 Å². The fourth-order valence-corrected chi connectivity index (χ4v) is 2.32. The molecule has 0 saturated carbocycles. The van der Waals surface area contributed by atoms with Crippen LogP contribution in [0.4, 0.5) is 0 Å². The van der Waals surface area contributed by atoms with Gasteiger partial charge in [0.25, 0.3) is 0 Å². The van der Waals surface area contributed by atoms with Crippen molar-refractivity contribution in [2.24, 2.45) is 7.05 Å². The molecule has 0 unspecified atom stereocenters. The van der Waals surface area contributed by atoms with Gasteiger partial charge in [0.15, 0.2) is 6.20 Å². The minimum atomic E-state index is -2.16. The first-order valence-corrected chi connectivity index (χ1v) is 5.96. The van der Waals surface area contributed by atoms with E-state index in [1.165, 1.54) is 0 Å². The van der Waals surface area contributed by atoms with Gasteiger partial charge in [-0.15, -0.1) is 0 Å². The summed E-state index contributed by atoms with van der Waals surface area (Å²) in [7, 11) is 1.81. The topological polar surface area (TPSA) is 3.88 Å². The molecule has 1 heteroatoms. The Hall–Kier alpha value is -1.63. The summed E-state index contributed by atoms with van der Waals surface area (Å²) in [4.78, 5) is 0. The van der Waals surface area contributed by atoms with Crippen LogP contribution in [0.15, 0.2) is 24.4 Å². The van der Waals surface area contributed by atoms with Crippen LogP contribution in [-0.4, -0.2) is 0 Å². The second kappa shape index (κ2) is 4.56. The van der Waals surface area contributed by atoms with Gasteiger partial charge in [0.1, 0.15) is 7.05 Å². The molecule has 0 radical (unpaired) electrons. The zero-order chi connectivity index (χ0) is 18.4. The lowest BCUT2D eigenvalue weighted by molar-refractivity contribution is -0.661. The molecule has 2 aromatic rings. The molecule has 1 aromatic heterocycles. The van der Waals surface area contributed by atoms with Gasteiger partial charge in [-0.05, 0) is 51.7 Å². The molecule has 0 bridgehead atoms. The molecular weight excluding hydrogens is 218 g/mol. The maximum atomic E-state index is 7.68. The molecule has 0 aliphatic rings. The quantitative estimate of drug-likeness (QED) is 0.675. The first-order valence-electron chi connectivity index (χ1n) is 8.96. The predicted molar refractivity (Wildman–Crippen MR) is 76.7 cm³/mol. The van der Waals surface area contributed by atoms with Crippen LogP contribution in [0, 0.1) is 34.5 Å². The number of rotatable bonds is 1. The van der Waals surface area contributed by atoms with Crippen molar-refractivity contribution in [1.29, 1.82) is 0 Å². The smallest absolute Gasteiger partial charge is 0.201 e. The number of hydrogen-bond donors (Lipinski definition) is 0. The normalized spacial score (nSPS) is 17.1. The van der Waals surface area contributed by atoms with Gasteiger partial charge in [0.2, 0.25) is 5.69 Å². The van der Waals surface area contributed by atoms with E-state index in [1.807, 2.05) is 27.8 Å². The van der Waals surface area contributed by atoms with Crippen molar-refractivity contribution in [2.45, 2.75) is 34.5 Å². The van der Waals surface area contributed by atoms with Crippen LogP contribution >= 0.6 is 0 Å². The van der Waals surface area contributed by atoms with E-state index in [2.05, 4.69) is 0 Å². The standard InChI is InChI=1S/C17H22N/c1-11-7-8-16(12(2)9-11)17-15(5)14(4)13(3)10-18(17)6/h7-10H,1-6H3/q+1/i1D3,3D3. The number of aromatic nitrogens is 1. The lowest BCUT2D eigenvalue weighted by atomic mass is 9.96. The molecule has 18 heavy (non-hydrogen) atoms. The van der Waals surface area contributed by atoms with Crippen molar-refractivity contribution in [2.75, 3.05) is 0 Å². The Morgan fingerprint density at radius 2 is 1.78 bits per heavy atom. The molecule has 0 N–H and O–H groups in total. The molecule has 0 amide bonds. The number of aryl methyl sites for hydroxylation is 4. The summed E-state index contributed by atoms with van der Waals surface area (Å²) in [5, 5.41) is 0. The van der Waals surface area contributed by atoms with E-state index in [-0.39, 0.29) is 0 Å². The van der Waals surface area contributed by atoms with E-state index < -0.39 is 13.7 Å². The molecular formula is C17H22N+. The average molecular weight is 246 g/mol. The lowest BCUT2D eigenvalue weighted by Crippen LogP contribution is -2.33. The SMILES string of the molecule is [2H]C([2H])([2H])c1ccc(-c2c(C)c(C)c(C([2H])([2H])[2H])c[n+]2C)c(C)c1. The van der Waals surface area contributed by atoms with E-state index in [9.17, 15) is 0 Å². The Morgan fingerprint density at radius 3 is 2.39 bits per heavy atom. The highest BCUT2D eigenvalue weighted by atomic mass is 14.9. The summed E-state index contributed by atoms with van der Waals surface area (Å²) < 4.78 is 47.4. The van der Waals surface area contributed by atoms with Crippen molar-refractivity contribution in [1.82, 2.24) is 0 Å². The number of benzene rings is 1. The van der Waals surface area contributed by atoms with Crippen LogP contribution in [0.3, 0.4) is 0 Å². The Balaban J connectivity index is 2.69. The molecule has 0 atom stereocenters. The van der Waals surface area contributed by atoms with Crippen molar-refractivity contribution < 1.29 is 12.8 Å². The van der Waals surface area contributed by atoms with E-state index in [0.29, 0.717) is 11.1 Å². The molecule has 1 heterocycles. The van der Waals surface area contributed by atoms with Crippen LogP contribution in [-0.2, 0) is 7.05 Å². The Morgan fingerprint density at radius 1 is 1.00 bits per heavy atom. The van der Waals surface area contributed by atoms with Gasteiger partial charge in [-0.25, -0.2) is 4.57 Å². The first-order chi connectivity index (χ1) is 10.8. The fourth-order valence-electron chi connectivity index (χ4n) is 2.32. The summed E-state index contributed by atoms with van der Waals surface area (Å²) in [6.45, 7) is 1.29. The molecule has 0 spiro atoms. The summed E-state index contributed by atoms with van der Waals surface area (Å²) in [5.74, 6) is 0. The maximum Gasteiger partial charge on any atom is 0.215 e. The number of hydrogen-bond acceptors (Lipinski definition) is 0. The van der Waals surface area contributed by atoms with Crippen molar-refractivity contribution in [3.63, 3.8) is 0 Å². The summed E-state index contributed by atoms with van der Waals surface area (Å²) >= 11 is 0. The highest BCUT2D eigenvalue weighted by Gasteiger charge is 2.18. The maximum absolute atomic E-state index is 7.68. The Kier molecular flexibility index (Phi) is 1.80. The molecule has 1 nitrogen and oxygen atoms in total. The highest BCUT2D eigenvalue weighted by molar-refractivity contribution is 5.66. The molecule has 94 valence electrons. The Labute approximate surface area is 119 Å². The fraction of sp³-hybridized carbons (Fsp3) is 0.353. The molecule has 0 saturated heterocycles. The second-order valence-electron chi connectivity index (χ2n) is 4.78. The second-order valence-corrected chi connectivity index (χ2v) is 4.78. The number of nitrogens with zero attached hydrogens (tertiary/aromatic N) is 1. The van der Waals surface area contributed by atoms with E-state index in [4.69, 9.17) is 8.22 Å². The third-order valence-corrected chi connectivity index (χ3v) is 3.48. The molecule has 0 aliphatic carbocycles. The zero-order valence-corrected chi connectivity index (χ0v) is 11.3. The molecule has 1 aromatic carbocycles. The predicted octanol–water partition coefficient (Wildman–Crippen LogP) is 3.72. The van der Waals surface area contributed by atoms with Gasteiger partial charge < -0.3 is 0 Å². The molecule has 0 aliphatic heterocycles. The van der Waals surface area contributed by atoms with Gasteiger partial charge in [-0.1, -0.05) is 17.7 Å². The summed E-state index contributed by atoms with van der Waals surface area (Å²) in [5.41, 5.74) is 4.92. The van der Waals surface area contributed by atoms with Crippen LogP contribution < -0.4 is 4.57 Å². The third-order valence-electron chi connectivity index (χ3n) is 3.48. The van der Waals surface area contributed by atoms with Crippen molar-refractivity contribution in [3.05, 3.63) is 52.2 Å². The summed E-state index contributed by atoms with van der Waals surface area (Å²) in [6, 6.07) is 5.09. The van der Waals surface area contributed by atoms with E-state index in [1.54, 1.807) is 29.0 Å². The molecule has 0 fully saturated rings. The van der Waals surface area contributed by atoms with Gasteiger partial charge in [0.05, 0.1) is 0 Å².